The van der Waals surface area contributed by atoms with Crippen LogP contribution >= 0.6 is 22.9 Å². The second-order valence-electron chi connectivity index (χ2n) is 7.57. The number of fused-ring (bicyclic) bond motifs is 1. The number of hydrogen-bond donors (Lipinski definition) is 1. The number of rotatable bonds is 7. The molecule has 0 atom stereocenters. The Morgan fingerprint density at radius 1 is 1.29 bits per heavy atom. The Morgan fingerprint density at radius 3 is 2.84 bits per heavy atom. The number of carbonyl (C=O) groups excluding carboxylic acids is 1. The highest BCUT2D eigenvalue weighted by Crippen LogP contribution is 2.27. The van der Waals surface area contributed by atoms with Crippen LogP contribution in [0.3, 0.4) is 0 Å². The van der Waals surface area contributed by atoms with Crippen LogP contribution in [0.2, 0.25) is 5.02 Å². The summed E-state index contributed by atoms with van der Waals surface area (Å²) >= 11 is 7.50. The van der Waals surface area contributed by atoms with Crippen molar-refractivity contribution in [3.8, 4) is 0 Å². The van der Waals surface area contributed by atoms with Crippen molar-refractivity contribution in [2.75, 3.05) is 39.4 Å². The van der Waals surface area contributed by atoms with Crippen LogP contribution in [0.1, 0.15) is 27.2 Å². The third kappa shape index (κ3) is 4.98. The molecule has 1 aliphatic heterocycles. The summed E-state index contributed by atoms with van der Waals surface area (Å²) in [7, 11) is 0. The molecule has 1 aliphatic rings. The first kappa shape index (κ1) is 22.0. The minimum Gasteiger partial charge on any atom is -0.379 e. The zero-order chi connectivity index (χ0) is 21.8. The second-order valence-corrected chi connectivity index (χ2v) is 8.98. The largest absolute Gasteiger partial charge is 0.379 e. The summed E-state index contributed by atoms with van der Waals surface area (Å²) in [5, 5.41) is 4.08. The van der Waals surface area contributed by atoms with Gasteiger partial charge in [0.2, 0.25) is 0 Å². The smallest absolute Gasteiger partial charge is 0.262 e. The number of nitrogens with one attached hydrogen (secondary N) is 1. The Hall–Kier alpha value is -2.26. The van der Waals surface area contributed by atoms with E-state index in [0.29, 0.717) is 38.8 Å². The van der Waals surface area contributed by atoms with Gasteiger partial charge in [0.15, 0.2) is 0 Å². The van der Waals surface area contributed by atoms with Crippen molar-refractivity contribution in [2.24, 2.45) is 0 Å². The van der Waals surface area contributed by atoms with Gasteiger partial charge in [-0.2, -0.15) is 0 Å². The van der Waals surface area contributed by atoms with Crippen molar-refractivity contribution in [1.29, 1.82) is 0 Å². The lowest BCUT2D eigenvalue weighted by Crippen LogP contribution is -2.38. The van der Waals surface area contributed by atoms with Crippen LogP contribution in [0, 0.1) is 6.92 Å². The van der Waals surface area contributed by atoms with Crippen LogP contribution in [0.15, 0.2) is 35.4 Å². The number of aryl methyl sites for hydroxylation is 1. The van der Waals surface area contributed by atoms with Gasteiger partial charge in [0.05, 0.1) is 36.3 Å². The summed E-state index contributed by atoms with van der Waals surface area (Å²) in [5.41, 5.74) is 1.36. The summed E-state index contributed by atoms with van der Waals surface area (Å²) in [4.78, 5) is 33.7. The summed E-state index contributed by atoms with van der Waals surface area (Å²) in [6, 6.07) is 7.42. The van der Waals surface area contributed by atoms with Crippen LogP contribution in [0.25, 0.3) is 10.2 Å². The Kier molecular flexibility index (Phi) is 7.02. The molecule has 1 fully saturated rings. The molecule has 0 aliphatic carbocycles. The molecule has 3 heterocycles. The van der Waals surface area contributed by atoms with Crippen molar-refractivity contribution in [2.45, 2.75) is 19.9 Å². The van der Waals surface area contributed by atoms with E-state index in [4.69, 9.17) is 16.3 Å². The van der Waals surface area contributed by atoms with Gasteiger partial charge in [-0.15, -0.1) is 11.3 Å². The molecule has 2 aromatic heterocycles. The van der Waals surface area contributed by atoms with E-state index in [1.54, 1.807) is 6.07 Å². The fourth-order valence-electron chi connectivity index (χ4n) is 3.71. The molecule has 0 bridgehead atoms. The lowest BCUT2D eigenvalue weighted by Gasteiger charge is -2.26. The molecule has 3 aromatic rings. The standard InChI is InChI=1S/C22H25ClN4O3S/c1-15-18-21(25-14-27(22(18)29)13-16-5-2-3-6-17(16)23)31-19(15)20(28)24-7-4-8-26-9-11-30-12-10-26/h2-3,5-6,14H,4,7-13H2,1H3,(H,24,28). The number of amides is 1. The number of ether oxygens (including phenoxy) is 1. The molecule has 0 radical (unpaired) electrons. The molecule has 1 amide bonds. The van der Waals surface area contributed by atoms with Gasteiger partial charge in [-0.05, 0) is 37.1 Å². The van der Waals surface area contributed by atoms with Crippen molar-refractivity contribution < 1.29 is 9.53 Å². The number of nitrogens with zero attached hydrogens (tertiary/aromatic N) is 3. The molecule has 164 valence electrons. The van der Waals surface area contributed by atoms with Crippen molar-refractivity contribution in [1.82, 2.24) is 19.8 Å². The predicted octanol–water partition coefficient (Wildman–Crippen LogP) is 2.92. The molecular formula is C22H25ClN4O3S. The summed E-state index contributed by atoms with van der Waals surface area (Å²) in [6.45, 7) is 7.09. The topological polar surface area (TPSA) is 76.5 Å². The maximum absolute atomic E-state index is 13.1. The highest BCUT2D eigenvalue weighted by molar-refractivity contribution is 7.20. The van der Waals surface area contributed by atoms with E-state index in [0.717, 1.165) is 44.8 Å². The zero-order valence-electron chi connectivity index (χ0n) is 17.4. The molecule has 4 rings (SSSR count). The minimum atomic E-state index is -0.162. The molecule has 1 aromatic carbocycles. The first-order valence-electron chi connectivity index (χ1n) is 10.3. The van der Waals surface area contributed by atoms with Crippen LogP contribution < -0.4 is 10.9 Å². The molecule has 9 heteroatoms. The van der Waals surface area contributed by atoms with Gasteiger partial charge < -0.3 is 10.1 Å². The molecule has 0 spiro atoms. The number of carbonyl (C=O) groups is 1. The quantitative estimate of drug-likeness (QED) is 0.548. The van der Waals surface area contributed by atoms with E-state index in [2.05, 4.69) is 15.2 Å². The molecule has 0 unspecified atom stereocenters. The Morgan fingerprint density at radius 2 is 2.06 bits per heavy atom. The van der Waals surface area contributed by atoms with E-state index < -0.39 is 0 Å². The first-order valence-corrected chi connectivity index (χ1v) is 11.5. The molecule has 31 heavy (non-hydrogen) atoms. The summed E-state index contributed by atoms with van der Waals surface area (Å²) in [5.74, 6) is -0.153. The number of benzene rings is 1. The summed E-state index contributed by atoms with van der Waals surface area (Å²) < 4.78 is 6.89. The van der Waals surface area contributed by atoms with Gasteiger partial charge in [0.25, 0.3) is 11.5 Å². The molecule has 1 saturated heterocycles. The van der Waals surface area contributed by atoms with Gasteiger partial charge in [0.1, 0.15) is 4.83 Å². The van der Waals surface area contributed by atoms with Crippen molar-refractivity contribution in [3.63, 3.8) is 0 Å². The number of halogens is 1. The minimum absolute atomic E-state index is 0.153. The second kappa shape index (κ2) is 9.91. The lowest BCUT2D eigenvalue weighted by atomic mass is 10.2. The van der Waals surface area contributed by atoms with Gasteiger partial charge >= 0.3 is 0 Å². The first-order chi connectivity index (χ1) is 15.0. The third-order valence-electron chi connectivity index (χ3n) is 5.46. The van der Waals surface area contributed by atoms with E-state index in [-0.39, 0.29) is 11.5 Å². The maximum Gasteiger partial charge on any atom is 0.262 e. The SMILES string of the molecule is Cc1c(C(=O)NCCCN2CCOCC2)sc2ncn(Cc3ccccc3Cl)c(=O)c12. The van der Waals surface area contributed by atoms with Gasteiger partial charge in [0, 0.05) is 24.7 Å². The van der Waals surface area contributed by atoms with Crippen LogP contribution in [-0.2, 0) is 11.3 Å². The Balaban J connectivity index is 1.45. The Labute approximate surface area is 189 Å². The van der Waals surface area contributed by atoms with Gasteiger partial charge in [-0.25, -0.2) is 4.98 Å². The van der Waals surface area contributed by atoms with E-state index >= 15 is 0 Å². The van der Waals surface area contributed by atoms with E-state index in [1.807, 2.05) is 25.1 Å². The number of thiophene rings is 1. The third-order valence-corrected chi connectivity index (χ3v) is 7.03. The maximum atomic E-state index is 13.1. The normalized spacial score (nSPS) is 14.8. The number of aromatic nitrogens is 2. The van der Waals surface area contributed by atoms with Crippen molar-refractivity contribution in [3.05, 3.63) is 62.0 Å². The average Bonchev–Trinajstić information content (AvgIpc) is 3.12. The average molecular weight is 461 g/mol. The molecule has 7 nitrogen and oxygen atoms in total. The van der Waals surface area contributed by atoms with Crippen LogP contribution in [0.4, 0.5) is 0 Å². The highest BCUT2D eigenvalue weighted by atomic mass is 35.5. The monoisotopic (exact) mass is 460 g/mol. The van der Waals surface area contributed by atoms with Crippen molar-refractivity contribution >= 4 is 39.1 Å². The van der Waals surface area contributed by atoms with Crippen LogP contribution in [-0.4, -0.2) is 59.8 Å². The van der Waals surface area contributed by atoms with Crippen LogP contribution in [0.5, 0.6) is 0 Å². The highest BCUT2D eigenvalue weighted by Gasteiger charge is 2.19. The lowest BCUT2D eigenvalue weighted by molar-refractivity contribution is 0.0374. The zero-order valence-corrected chi connectivity index (χ0v) is 19.0. The van der Waals surface area contributed by atoms with Gasteiger partial charge in [-0.1, -0.05) is 29.8 Å². The molecular weight excluding hydrogens is 436 g/mol. The summed E-state index contributed by atoms with van der Waals surface area (Å²) in [6.07, 6.45) is 2.40. The Bertz CT molecular complexity index is 1140. The fraction of sp³-hybridized carbons (Fsp3) is 0.409. The predicted molar refractivity (Wildman–Crippen MR) is 123 cm³/mol. The van der Waals surface area contributed by atoms with Gasteiger partial charge in [-0.3, -0.25) is 19.1 Å². The molecule has 0 saturated carbocycles. The number of morpholine rings is 1. The fourth-order valence-corrected chi connectivity index (χ4v) is 4.96. The molecule has 1 N–H and O–H groups in total. The van der Waals surface area contributed by atoms with E-state index in [1.165, 1.54) is 22.2 Å². The van der Waals surface area contributed by atoms with E-state index in [9.17, 15) is 9.59 Å². The number of hydrogen-bond acceptors (Lipinski definition) is 6.